The maximum atomic E-state index is 11.7. The van der Waals surface area contributed by atoms with Gasteiger partial charge < -0.3 is 15.7 Å². The van der Waals surface area contributed by atoms with Crippen LogP contribution in [0.15, 0.2) is 24.5 Å². The molecule has 1 unspecified atom stereocenters. The predicted octanol–water partition coefficient (Wildman–Crippen LogP) is 1.36. The van der Waals surface area contributed by atoms with Crippen molar-refractivity contribution in [2.75, 3.05) is 11.9 Å². The van der Waals surface area contributed by atoms with Gasteiger partial charge in [0.05, 0.1) is 11.9 Å². The summed E-state index contributed by atoms with van der Waals surface area (Å²) in [4.78, 5) is 15.6. The molecule has 92 valence electrons. The Morgan fingerprint density at radius 2 is 2.41 bits per heavy atom. The van der Waals surface area contributed by atoms with E-state index in [4.69, 9.17) is 5.11 Å². The second-order valence-corrected chi connectivity index (χ2v) is 4.30. The molecule has 0 spiro atoms. The van der Waals surface area contributed by atoms with Gasteiger partial charge in [-0.25, -0.2) is 4.79 Å². The molecule has 1 saturated carbocycles. The number of nitrogens with zero attached hydrogens (tertiary/aromatic N) is 1. The molecule has 17 heavy (non-hydrogen) atoms. The molecule has 0 aliphatic heterocycles. The number of pyridine rings is 1. The van der Waals surface area contributed by atoms with E-state index in [1.54, 1.807) is 24.5 Å². The lowest BCUT2D eigenvalue weighted by Gasteiger charge is -2.17. The van der Waals surface area contributed by atoms with Crippen LogP contribution in [0.25, 0.3) is 0 Å². The van der Waals surface area contributed by atoms with Gasteiger partial charge in [0, 0.05) is 18.8 Å². The van der Waals surface area contributed by atoms with E-state index in [-0.39, 0.29) is 18.7 Å². The zero-order chi connectivity index (χ0) is 12.1. The zero-order valence-corrected chi connectivity index (χ0v) is 9.60. The number of amides is 2. The van der Waals surface area contributed by atoms with Crippen molar-refractivity contribution in [1.82, 2.24) is 10.3 Å². The average molecular weight is 235 g/mol. The lowest BCUT2D eigenvalue weighted by atomic mass is 10.1. The molecule has 3 N–H and O–H groups in total. The number of hydrogen-bond donors (Lipinski definition) is 3. The van der Waals surface area contributed by atoms with Crippen molar-refractivity contribution in [3.63, 3.8) is 0 Å². The maximum Gasteiger partial charge on any atom is 0.319 e. The summed E-state index contributed by atoms with van der Waals surface area (Å²) >= 11 is 0. The smallest absolute Gasteiger partial charge is 0.319 e. The predicted molar refractivity (Wildman–Crippen MR) is 64.6 cm³/mol. The topological polar surface area (TPSA) is 74.2 Å². The summed E-state index contributed by atoms with van der Waals surface area (Å²) in [5.74, 6) is 0.529. The van der Waals surface area contributed by atoms with E-state index >= 15 is 0 Å². The second-order valence-electron chi connectivity index (χ2n) is 4.30. The molecule has 2 amide bonds. The third kappa shape index (κ3) is 3.71. The molecule has 1 atom stereocenters. The molecule has 0 radical (unpaired) electrons. The molecule has 5 nitrogen and oxygen atoms in total. The number of aromatic nitrogens is 1. The standard InChI is InChI=1S/C12H17N3O2/c16-7-5-11(9-3-4-9)15-12(17)14-10-2-1-6-13-8-10/h1-2,6,8-9,11,16H,3-5,7H2,(H2,14,15,17). The third-order valence-electron chi connectivity index (χ3n) is 2.87. The summed E-state index contributed by atoms with van der Waals surface area (Å²) in [6, 6.07) is 3.40. The fourth-order valence-corrected chi connectivity index (χ4v) is 1.84. The Bertz CT molecular complexity index is 365. The minimum Gasteiger partial charge on any atom is -0.396 e. The monoisotopic (exact) mass is 235 g/mol. The van der Waals surface area contributed by atoms with E-state index in [9.17, 15) is 4.79 Å². The number of urea groups is 1. The van der Waals surface area contributed by atoms with Crippen molar-refractivity contribution in [2.24, 2.45) is 5.92 Å². The fraction of sp³-hybridized carbons (Fsp3) is 0.500. The highest BCUT2D eigenvalue weighted by Gasteiger charge is 2.31. The van der Waals surface area contributed by atoms with Crippen LogP contribution in [0, 0.1) is 5.92 Å². The van der Waals surface area contributed by atoms with E-state index in [0.29, 0.717) is 18.0 Å². The number of rotatable bonds is 5. The molecule has 0 aromatic carbocycles. The van der Waals surface area contributed by atoms with E-state index in [0.717, 1.165) is 12.8 Å². The summed E-state index contributed by atoms with van der Waals surface area (Å²) in [5, 5.41) is 14.5. The molecule has 1 aromatic heterocycles. The Labute approximate surface area is 100 Å². The fourth-order valence-electron chi connectivity index (χ4n) is 1.84. The summed E-state index contributed by atoms with van der Waals surface area (Å²) in [5.41, 5.74) is 0.670. The van der Waals surface area contributed by atoms with Gasteiger partial charge in [-0.3, -0.25) is 4.98 Å². The highest BCUT2D eigenvalue weighted by Crippen LogP contribution is 2.33. The van der Waals surface area contributed by atoms with Crippen LogP contribution in [0.5, 0.6) is 0 Å². The minimum absolute atomic E-state index is 0.0803. The third-order valence-corrected chi connectivity index (χ3v) is 2.87. The molecule has 0 bridgehead atoms. The van der Waals surface area contributed by atoms with Crippen molar-refractivity contribution in [2.45, 2.75) is 25.3 Å². The van der Waals surface area contributed by atoms with Crippen molar-refractivity contribution in [3.8, 4) is 0 Å². The van der Waals surface area contributed by atoms with Gasteiger partial charge in [-0.15, -0.1) is 0 Å². The van der Waals surface area contributed by atoms with Crippen molar-refractivity contribution < 1.29 is 9.90 Å². The van der Waals surface area contributed by atoms with Crippen LogP contribution in [0.1, 0.15) is 19.3 Å². The van der Waals surface area contributed by atoms with Crippen LogP contribution < -0.4 is 10.6 Å². The first-order chi connectivity index (χ1) is 8.29. The zero-order valence-electron chi connectivity index (χ0n) is 9.60. The summed E-state index contributed by atoms with van der Waals surface area (Å²) in [7, 11) is 0. The second kappa shape index (κ2) is 5.63. The highest BCUT2D eigenvalue weighted by atomic mass is 16.3. The lowest BCUT2D eigenvalue weighted by Crippen LogP contribution is -2.39. The van der Waals surface area contributed by atoms with Crippen LogP contribution in [-0.2, 0) is 0 Å². The van der Waals surface area contributed by atoms with Crippen LogP contribution in [0.2, 0.25) is 0 Å². The first-order valence-electron chi connectivity index (χ1n) is 5.88. The van der Waals surface area contributed by atoms with E-state index < -0.39 is 0 Å². The van der Waals surface area contributed by atoms with Gasteiger partial charge in [0.25, 0.3) is 0 Å². The van der Waals surface area contributed by atoms with Gasteiger partial charge in [0.2, 0.25) is 0 Å². The molecule has 1 aromatic rings. The van der Waals surface area contributed by atoms with Crippen molar-refractivity contribution >= 4 is 11.7 Å². The quantitative estimate of drug-likeness (QED) is 0.721. The van der Waals surface area contributed by atoms with Gasteiger partial charge in [0.15, 0.2) is 0 Å². The van der Waals surface area contributed by atoms with Crippen LogP contribution in [-0.4, -0.2) is 28.8 Å². The van der Waals surface area contributed by atoms with Crippen molar-refractivity contribution in [3.05, 3.63) is 24.5 Å². The molecule has 0 saturated heterocycles. The van der Waals surface area contributed by atoms with Crippen LogP contribution in [0.3, 0.4) is 0 Å². The number of nitrogens with one attached hydrogen (secondary N) is 2. The number of aliphatic hydroxyl groups is 1. The Morgan fingerprint density at radius 1 is 1.59 bits per heavy atom. The minimum atomic E-state index is -0.233. The maximum absolute atomic E-state index is 11.7. The molecular formula is C12H17N3O2. The molecule has 5 heteroatoms. The van der Waals surface area contributed by atoms with E-state index in [1.165, 1.54) is 0 Å². The lowest BCUT2D eigenvalue weighted by molar-refractivity contribution is 0.234. The van der Waals surface area contributed by atoms with Gasteiger partial charge in [0.1, 0.15) is 0 Å². The van der Waals surface area contributed by atoms with Crippen molar-refractivity contribution in [1.29, 1.82) is 0 Å². The Morgan fingerprint density at radius 3 is 3.00 bits per heavy atom. The number of carbonyl (C=O) groups excluding carboxylic acids is 1. The number of hydrogen-bond acceptors (Lipinski definition) is 3. The highest BCUT2D eigenvalue weighted by molar-refractivity contribution is 5.89. The van der Waals surface area contributed by atoms with Gasteiger partial charge in [-0.05, 0) is 37.3 Å². The Hall–Kier alpha value is -1.62. The molecule has 1 aliphatic carbocycles. The van der Waals surface area contributed by atoms with Gasteiger partial charge in [-0.2, -0.15) is 0 Å². The molecule has 1 heterocycles. The normalized spacial score (nSPS) is 16.3. The Balaban J connectivity index is 1.83. The van der Waals surface area contributed by atoms with Crippen LogP contribution >= 0.6 is 0 Å². The van der Waals surface area contributed by atoms with Crippen LogP contribution in [0.4, 0.5) is 10.5 Å². The number of aliphatic hydroxyl groups excluding tert-OH is 1. The molecular weight excluding hydrogens is 218 g/mol. The first kappa shape index (κ1) is 11.9. The average Bonchev–Trinajstić information content (AvgIpc) is 3.13. The Kier molecular flexibility index (Phi) is 3.93. The molecule has 1 fully saturated rings. The summed E-state index contributed by atoms with van der Waals surface area (Å²) in [6.45, 7) is 0.105. The molecule has 1 aliphatic rings. The van der Waals surface area contributed by atoms with Gasteiger partial charge in [-0.1, -0.05) is 0 Å². The summed E-state index contributed by atoms with van der Waals surface area (Å²) in [6.07, 6.45) is 6.14. The SMILES string of the molecule is O=C(Nc1cccnc1)NC(CCO)C1CC1. The first-order valence-corrected chi connectivity index (χ1v) is 5.88. The molecule has 2 rings (SSSR count). The number of carbonyl (C=O) groups is 1. The summed E-state index contributed by atoms with van der Waals surface area (Å²) < 4.78 is 0. The van der Waals surface area contributed by atoms with Gasteiger partial charge >= 0.3 is 6.03 Å². The van der Waals surface area contributed by atoms with E-state index in [2.05, 4.69) is 15.6 Å². The largest absolute Gasteiger partial charge is 0.396 e. The van der Waals surface area contributed by atoms with E-state index in [1.807, 2.05) is 0 Å². The number of anilines is 1.